The van der Waals surface area contributed by atoms with Crippen LogP contribution in [0.3, 0.4) is 0 Å². The molecule has 5 nitrogen and oxygen atoms in total. The van der Waals surface area contributed by atoms with E-state index in [1.165, 1.54) is 6.92 Å². The molecule has 2 aromatic carbocycles. The molecule has 2 unspecified atom stereocenters. The molecule has 0 bridgehead atoms. The Labute approximate surface area is 171 Å². The Balaban J connectivity index is 2.77. The van der Waals surface area contributed by atoms with Crippen molar-refractivity contribution in [2.75, 3.05) is 0 Å². The van der Waals surface area contributed by atoms with Gasteiger partial charge < -0.3 is 19.3 Å². The number of phenolic OH excluding ortho intramolecular Hbond substituents is 1. The van der Waals surface area contributed by atoms with Crippen LogP contribution in [-0.2, 0) is 4.79 Å². The van der Waals surface area contributed by atoms with Crippen LogP contribution in [0, 0.1) is 0 Å². The molecule has 6 heteroatoms. The van der Waals surface area contributed by atoms with Gasteiger partial charge in [0, 0.05) is 12.3 Å². The van der Waals surface area contributed by atoms with Crippen molar-refractivity contribution in [3.05, 3.63) is 23.2 Å². The molecule has 0 aliphatic rings. The molecule has 2 rings (SSSR count). The van der Waals surface area contributed by atoms with Gasteiger partial charge in [0.05, 0.1) is 22.6 Å². The van der Waals surface area contributed by atoms with Gasteiger partial charge in [-0.3, -0.25) is 4.79 Å². The lowest BCUT2D eigenvalue weighted by molar-refractivity contribution is -0.131. The summed E-state index contributed by atoms with van der Waals surface area (Å²) in [5.74, 6) is -0.0258. The van der Waals surface area contributed by atoms with Gasteiger partial charge in [-0.15, -0.1) is 0 Å². The first-order chi connectivity index (χ1) is 13.3. The average molecular weight is 409 g/mol. The maximum atomic E-state index is 11.8. The van der Waals surface area contributed by atoms with Crippen LogP contribution in [-0.4, -0.2) is 23.3 Å². The predicted molar refractivity (Wildman–Crippen MR) is 112 cm³/mol. The van der Waals surface area contributed by atoms with Crippen molar-refractivity contribution >= 4 is 28.3 Å². The summed E-state index contributed by atoms with van der Waals surface area (Å²) in [7, 11) is 0. The first-order valence-corrected chi connectivity index (χ1v) is 10.2. The quantitative estimate of drug-likeness (QED) is 0.392. The molecular formula is C22H29ClO5. The summed E-state index contributed by atoms with van der Waals surface area (Å²) in [6.45, 7) is 9.28. The van der Waals surface area contributed by atoms with E-state index in [4.69, 9.17) is 25.8 Å². The minimum atomic E-state index is -0.507. The number of aromatic hydroxyl groups is 1. The number of halogens is 1. The molecule has 0 heterocycles. The van der Waals surface area contributed by atoms with E-state index in [-0.39, 0.29) is 35.2 Å². The van der Waals surface area contributed by atoms with E-state index in [1.54, 1.807) is 18.2 Å². The minimum Gasteiger partial charge on any atom is -0.504 e. The molecule has 0 spiro atoms. The van der Waals surface area contributed by atoms with Crippen molar-refractivity contribution in [2.24, 2.45) is 0 Å². The predicted octanol–water partition coefficient (Wildman–Crippen LogP) is 6.26. The number of ether oxygens (including phenoxy) is 3. The maximum absolute atomic E-state index is 11.8. The largest absolute Gasteiger partial charge is 0.504 e. The van der Waals surface area contributed by atoms with E-state index in [2.05, 4.69) is 13.8 Å². The maximum Gasteiger partial charge on any atom is 0.308 e. The van der Waals surface area contributed by atoms with Crippen LogP contribution in [0.1, 0.15) is 60.3 Å². The van der Waals surface area contributed by atoms with Crippen molar-refractivity contribution in [3.63, 3.8) is 0 Å². The third-order valence-electron chi connectivity index (χ3n) is 4.40. The molecular weight excluding hydrogens is 380 g/mol. The molecule has 0 aliphatic heterocycles. The number of benzene rings is 2. The van der Waals surface area contributed by atoms with Crippen LogP contribution in [0.4, 0.5) is 0 Å². The highest BCUT2D eigenvalue weighted by molar-refractivity contribution is 6.36. The second-order valence-electron chi connectivity index (χ2n) is 7.03. The fourth-order valence-corrected chi connectivity index (χ4v) is 3.45. The zero-order chi connectivity index (χ0) is 20.8. The summed E-state index contributed by atoms with van der Waals surface area (Å²) in [6, 6.07) is 5.11. The zero-order valence-electron chi connectivity index (χ0n) is 17.2. The number of fused-ring (bicyclic) bond motifs is 1. The molecule has 0 fully saturated rings. The highest BCUT2D eigenvalue weighted by Gasteiger charge is 2.28. The van der Waals surface area contributed by atoms with Crippen LogP contribution < -0.4 is 14.2 Å². The molecule has 1 N–H and O–H groups in total. The number of hydrogen-bond acceptors (Lipinski definition) is 5. The third-order valence-corrected chi connectivity index (χ3v) is 4.71. The molecule has 0 saturated carbocycles. The van der Waals surface area contributed by atoms with Gasteiger partial charge in [-0.1, -0.05) is 50.4 Å². The second-order valence-corrected chi connectivity index (χ2v) is 7.43. The van der Waals surface area contributed by atoms with Gasteiger partial charge in [0.2, 0.25) is 11.5 Å². The monoisotopic (exact) mass is 408 g/mol. The van der Waals surface area contributed by atoms with Gasteiger partial charge in [0.15, 0.2) is 11.5 Å². The molecule has 0 amide bonds. The van der Waals surface area contributed by atoms with E-state index in [0.717, 1.165) is 25.7 Å². The second kappa shape index (κ2) is 9.87. The molecule has 2 atom stereocenters. The van der Waals surface area contributed by atoms with Crippen LogP contribution in [0.2, 0.25) is 5.02 Å². The van der Waals surface area contributed by atoms with E-state index in [1.807, 2.05) is 13.8 Å². The summed E-state index contributed by atoms with van der Waals surface area (Å²) in [5.41, 5.74) is 0. The lowest BCUT2D eigenvalue weighted by atomic mass is 10.1. The van der Waals surface area contributed by atoms with Crippen molar-refractivity contribution in [1.29, 1.82) is 0 Å². The van der Waals surface area contributed by atoms with Crippen LogP contribution >= 0.6 is 11.6 Å². The lowest BCUT2D eigenvalue weighted by Crippen LogP contribution is -2.17. The van der Waals surface area contributed by atoms with Crippen molar-refractivity contribution in [3.8, 4) is 23.0 Å². The first kappa shape index (κ1) is 22.2. The zero-order valence-corrected chi connectivity index (χ0v) is 17.9. The van der Waals surface area contributed by atoms with E-state index >= 15 is 0 Å². The Morgan fingerprint density at radius 2 is 1.61 bits per heavy atom. The van der Waals surface area contributed by atoms with Crippen molar-refractivity contribution < 1.29 is 24.1 Å². The van der Waals surface area contributed by atoms with Gasteiger partial charge in [-0.2, -0.15) is 0 Å². The summed E-state index contributed by atoms with van der Waals surface area (Å²) in [5, 5.41) is 12.2. The van der Waals surface area contributed by atoms with Gasteiger partial charge in [-0.25, -0.2) is 0 Å². The van der Waals surface area contributed by atoms with E-state index in [9.17, 15) is 9.90 Å². The smallest absolute Gasteiger partial charge is 0.308 e. The normalized spacial score (nSPS) is 13.2. The summed E-state index contributed by atoms with van der Waals surface area (Å²) in [4.78, 5) is 11.8. The molecule has 28 heavy (non-hydrogen) atoms. The summed E-state index contributed by atoms with van der Waals surface area (Å²) < 4.78 is 17.7. The van der Waals surface area contributed by atoms with Gasteiger partial charge >= 0.3 is 5.97 Å². The van der Waals surface area contributed by atoms with E-state index < -0.39 is 5.97 Å². The Hall–Kier alpha value is -2.14. The Morgan fingerprint density at radius 3 is 2.14 bits per heavy atom. The molecule has 2 aromatic rings. The SMILES string of the molecule is CCCC(C)Oc1c(OC(C)CCC)c(OC(C)=O)c2c(Cl)cccc2c1O. The number of esters is 1. The highest BCUT2D eigenvalue weighted by Crippen LogP contribution is 2.53. The molecule has 0 aromatic heterocycles. The van der Waals surface area contributed by atoms with Crippen LogP contribution in [0.15, 0.2) is 18.2 Å². The minimum absolute atomic E-state index is 0.0740. The van der Waals surface area contributed by atoms with Gasteiger partial charge in [0.1, 0.15) is 0 Å². The Kier molecular flexibility index (Phi) is 7.81. The first-order valence-electron chi connectivity index (χ1n) is 9.78. The van der Waals surface area contributed by atoms with Gasteiger partial charge in [-0.05, 0) is 32.8 Å². The fraction of sp³-hybridized carbons (Fsp3) is 0.500. The highest BCUT2D eigenvalue weighted by atomic mass is 35.5. The Morgan fingerprint density at radius 1 is 1.04 bits per heavy atom. The molecule has 0 saturated heterocycles. The Bertz CT molecular complexity index is 834. The lowest BCUT2D eigenvalue weighted by Gasteiger charge is -2.24. The van der Waals surface area contributed by atoms with Gasteiger partial charge in [0.25, 0.3) is 0 Å². The van der Waals surface area contributed by atoms with Crippen LogP contribution in [0.5, 0.6) is 23.0 Å². The third kappa shape index (κ3) is 5.02. The fourth-order valence-electron chi connectivity index (χ4n) is 3.19. The average Bonchev–Trinajstić information content (AvgIpc) is 2.61. The molecule has 0 aliphatic carbocycles. The number of carbonyl (C=O) groups excluding carboxylic acids is 1. The summed E-state index contributed by atoms with van der Waals surface area (Å²) in [6.07, 6.45) is 3.14. The van der Waals surface area contributed by atoms with Crippen molar-refractivity contribution in [1.82, 2.24) is 0 Å². The standard InChI is InChI=1S/C22H29ClO5/c1-6-9-13(3)26-21-19(25)16-11-8-12-17(23)18(16)20(28-15(5)24)22(21)27-14(4)10-7-2/h8,11-14,25H,6-7,9-10H2,1-5H3. The number of carbonyl (C=O) groups is 1. The number of phenols is 1. The molecule has 154 valence electrons. The topological polar surface area (TPSA) is 65.0 Å². The number of hydrogen-bond donors (Lipinski definition) is 1. The number of rotatable bonds is 9. The van der Waals surface area contributed by atoms with Crippen molar-refractivity contribution in [2.45, 2.75) is 72.5 Å². The van der Waals surface area contributed by atoms with Crippen LogP contribution in [0.25, 0.3) is 10.8 Å². The molecule has 0 radical (unpaired) electrons. The summed E-state index contributed by atoms with van der Waals surface area (Å²) >= 11 is 6.40. The van der Waals surface area contributed by atoms with E-state index in [0.29, 0.717) is 15.8 Å².